The first kappa shape index (κ1) is 22.3. The molecule has 1 aromatic carbocycles. The number of aromatic nitrogens is 3. The van der Waals surface area contributed by atoms with Crippen LogP contribution in [0, 0.1) is 5.82 Å². The Balaban J connectivity index is 1.41. The Labute approximate surface area is 201 Å². The van der Waals surface area contributed by atoms with Gasteiger partial charge in [0.05, 0.1) is 16.3 Å². The molecule has 10 heteroatoms. The SMILES string of the molecule is C[C@@H]1CN(c2ncc(C(=O)O)cc2Cl)CCN1c1cc(-c2ccc(F)cc2)nc(N2CCC2)n1. The summed E-state index contributed by atoms with van der Waals surface area (Å²) < 4.78 is 13.5. The minimum atomic E-state index is -1.06. The molecular formula is C24H24ClFN6O2. The van der Waals surface area contributed by atoms with Gasteiger partial charge in [0.15, 0.2) is 0 Å². The van der Waals surface area contributed by atoms with Crippen molar-refractivity contribution in [3.8, 4) is 11.3 Å². The zero-order chi connectivity index (χ0) is 23.8. The van der Waals surface area contributed by atoms with Gasteiger partial charge in [-0.2, -0.15) is 4.98 Å². The van der Waals surface area contributed by atoms with Crippen LogP contribution in [0.15, 0.2) is 42.6 Å². The lowest BCUT2D eigenvalue weighted by Crippen LogP contribution is -2.53. The standard InChI is InChI=1S/C24H24ClFN6O2/c1-15-14-31(22-19(25)11-17(13-27-22)23(33)34)9-10-32(15)21-12-20(16-3-5-18(26)6-4-16)28-24(29-21)30-7-2-8-30/h3-6,11-13,15H,2,7-10,14H2,1H3,(H,33,34)/t15-/m1/s1. The Morgan fingerprint density at radius 3 is 2.47 bits per heavy atom. The predicted octanol–water partition coefficient (Wildman–Crippen LogP) is 3.95. The number of nitrogens with zero attached hydrogens (tertiary/aromatic N) is 6. The maximum absolute atomic E-state index is 13.5. The van der Waals surface area contributed by atoms with Gasteiger partial charge in [-0.3, -0.25) is 0 Å². The summed E-state index contributed by atoms with van der Waals surface area (Å²) in [5.41, 5.74) is 1.66. The molecule has 0 spiro atoms. The fourth-order valence-electron chi connectivity index (χ4n) is 4.27. The van der Waals surface area contributed by atoms with Gasteiger partial charge in [-0.15, -0.1) is 0 Å². The number of anilines is 3. The number of hydrogen-bond acceptors (Lipinski definition) is 7. The fraction of sp³-hybridized carbons (Fsp3) is 0.333. The molecule has 2 saturated heterocycles. The topological polar surface area (TPSA) is 85.7 Å². The van der Waals surface area contributed by atoms with Crippen LogP contribution in [0.25, 0.3) is 11.3 Å². The van der Waals surface area contributed by atoms with E-state index < -0.39 is 5.97 Å². The predicted molar refractivity (Wildman–Crippen MR) is 129 cm³/mol. The molecule has 2 aromatic heterocycles. The first-order valence-corrected chi connectivity index (χ1v) is 11.6. The molecule has 8 nitrogen and oxygen atoms in total. The van der Waals surface area contributed by atoms with Crippen LogP contribution in [0.3, 0.4) is 0 Å². The van der Waals surface area contributed by atoms with Crippen LogP contribution in [0.2, 0.25) is 5.02 Å². The molecule has 2 fully saturated rings. The van der Waals surface area contributed by atoms with Gasteiger partial charge in [0.25, 0.3) is 0 Å². The summed E-state index contributed by atoms with van der Waals surface area (Å²) >= 11 is 6.35. The third-order valence-corrected chi connectivity index (χ3v) is 6.55. The first-order valence-electron chi connectivity index (χ1n) is 11.2. The van der Waals surface area contributed by atoms with Gasteiger partial charge in [-0.25, -0.2) is 19.2 Å². The minimum Gasteiger partial charge on any atom is -0.478 e. The molecular weight excluding hydrogens is 459 g/mol. The number of carboxylic acids is 1. The van der Waals surface area contributed by atoms with Crippen molar-refractivity contribution in [3.05, 3.63) is 59.0 Å². The average molecular weight is 483 g/mol. The molecule has 2 aliphatic heterocycles. The summed E-state index contributed by atoms with van der Waals surface area (Å²) in [5, 5.41) is 9.48. The quantitative estimate of drug-likeness (QED) is 0.585. The maximum atomic E-state index is 13.5. The summed E-state index contributed by atoms with van der Waals surface area (Å²) in [7, 11) is 0. The van der Waals surface area contributed by atoms with Crippen LogP contribution in [0.5, 0.6) is 0 Å². The highest BCUT2D eigenvalue weighted by atomic mass is 35.5. The van der Waals surface area contributed by atoms with E-state index in [0.717, 1.165) is 36.6 Å². The lowest BCUT2D eigenvalue weighted by atomic mass is 10.1. The largest absolute Gasteiger partial charge is 0.478 e. The van der Waals surface area contributed by atoms with E-state index in [1.165, 1.54) is 24.4 Å². The van der Waals surface area contributed by atoms with Crippen LogP contribution in [-0.2, 0) is 0 Å². The van der Waals surface area contributed by atoms with Crippen molar-refractivity contribution < 1.29 is 14.3 Å². The van der Waals surface area contributed by atoms with Crippen LogP contribution in [0.1, 0.15) is 23.7 Å². The van der Waals surface area contributed by atoms with Crippen molar-refractivity contribution in [1.29, 1.82) is 0 Å². The van der Waals surface area contributed by atoms with Crippen molar-refractivity contribution in [3.63, 3.8) is 0 Å². The molecule has 0 saturated carbocycles. The molecule has 0 aliphatic carbocycles. The number of piperazine rings is 1. The third-order valence-electron chi connectivity index (χ3n) is 6.27. The van der Waals surface area contributed by atoms with Gasteiger partial charge in [-0.1, -0.05) is 11.6 Å². The normalized spacial score (nSPS) is 18.1. The van der Waals surface area contributed by atoms with Gasteiger partial charge in [0.1, 0.15) is 17.5 Å². The number of carbonyl (C=O) groups is 1. The molecule has 1 N–H and O–H groups in total. The Hall–Kier alpha value is -3.46. The van der Waals surface area contributed by atoms with Crippen molar-refractivity contribution >= 4 is 35.2 Å². The summed E-state index contributed by atoms with van der Waals surface area (Å²) in [4.78, 5) is 31.5. The molecule has 5 rings (SSSR count). The fourth-order valence-corrected chi connectivity index (χ4v) is 4.55. The Kier molecular flexibility index (Phi) is 5.95. The molecule has 0 amide bonds. The smallest absolute Gasteiger partial charge is 0.337 e. The van der Waals surface area contributed by atoms with Gasteiger partial charge < -0.3 is 19.8 Å². The number of hydrogen-bond donors (Lipinski definition) is 1. The van der Waals surface area contributed by atoms with Gasteiger partial charge in [0, 0.05) is 56.6 Å². The molecule has 3 aromatic rings. The highest BCUT2D eigenvalue weighted by Gasteiger charge is 2.29. The van der Waals surface area contributed by atoms with E-state index in [2.05, 4.69) is 26.6 Å². The third kappa shape index (κ3) is 4.35. The maximum Gasteiger partial charge on any atom is 0.337 e. The van der Waals surface area contributed by atoms with Crippen LogP contribution in [0.4, 0.5) is 22.0 Å². The lowest BCUT2D eigenvalue weighted by Gasteiger charge is -2.41. The lowest BCUT2D eigenvalue weighted by molar-refractivity contribution is 0.0696. The molecule has 1 atom stereocenters. The molecule has 4 heterocycles. The Bertz CT molecular complexity index is 1220. The number of aromatic carboxylic acids is 1. The van der Waals surface area contributed by atoms with Crippen LogP contribution < -0.4 is 14.7 Å². The van der Waals surface area contributed by atoms with Crippen molar-refractivity contribution in [1.82, 2.24) is 15.0 Å². The number of rotatable bonds is 5. The second-order valence-electron chi connectivity index (χ2n) is 8.58. The molecule has 0 radical (unpaired) electrons. The molecule has 34 heavy (non-hydrogen) atoms. The van der Waals surface area contributed by atoms with E-state index in [0.29, 0.717) is 36.4 Å². The minimum absolute atomic E-state index is 0.0632. The number of halogens is 2. The zero-order valence-corrected chi connectivity index (χ0v) is 19.4. The Morgan fingerprint density at radius 1 is 1.09 bits per heavy atom. The number of pyridine rings is 1. The second kappa shape index (κ2) is 9.06. The number of benzene rings is 1. The van der Waals surface area contributed by atoms with Gasteiger partial charge >= 0.3 is 5.97 Å². The highest BCUT2D eigenvalue weighted by Crippen LogP contribution is 2.31. The van der Waals surface area contributed by atoms with E-state index in [9.17, 15) is 9.18 Å². The first-order chi connectivity index (χ1) is 16.4. The van der Waals surface area contributed by atoms with E-state index >= 15 is 0 Å². The van der Waals surface area contributed by atoms with Gasteiger partial charge in [-0.05, 0) is 43.7 Å². The monoisotopic (exact) mass is 482 g/mol. The summed E-state index contributed by atoms with van der Waals surface area (Å²) in [6.45, 7) is 5.93. The van der Waals surface area contributed by atoms with E-state index in [-0.39, 0.29) is 17.4 Å². The van der Waals surface area contributed by atoms with Crippen molar-refractivity contribution in [2.24, 2.45) is 0 Å². The van der Waals surface area contributed by atoms with Crippen molar-refractivity contribution in [2.45, 2.75) is 19.4 Å². The molecule has 0 bridgehead atoms. The zero-order valence-electron chi connectivity index (χ0n) is 18.7. The summed E-state index contributed by atoms with van der Waals surface area (Å²) in [5.74, 6) is 0.747. The second-order valence-corrected chi connectivity index (χ2v) is 8.99. The van der Waals surface area contributed by atoms with Crippen molar-refractivity contribution in [2.75, 3.05) is 47.4 Å². The molecule has 2 aliphatic rings. The van der Waals surface area contributed by atoms with Gasteiger partial charge in [0.2, 0.25) is 5.95 Å². The molecule has 0 unspecified atom stereocenters. The summed E-state index contributed by atoms with van der Waals surface area (Å²) in [6.07, 6.45) is 2.45. The highest BCUT2D eigenvalue weighted by molar-refractivity contribution is 6.33. The van der Waals surface area contributed by atoms with E-state index in [4.69, 9.17) is 26.7 Å². The van der Waals surface area contributed by atoms with Crippen LogP contribution in [-0.4, -0.2) is 64.8 Å². The van der Waals surface area contributed by atoms with E-state index in [1.807, 2.05) is 6.07 Å². The average Bonchev–Trinajstić information content (AvgIpc) is 2.78. The molecule has 176 valence electrons. The summed E-state index contributed by atoms with van der Waals surface area (Å²) in [6, 6.07) is 9.82. The Morgan fingerprint density at radius 2 is 1.85 bits per heavy atom. The number of carboxylic acid groups (broad SMARTS) is 1. The van der Waals surface area contributed by atoms with E-state index in [1.54, 1.807) is 12.1 Å². The van der Waals surface area contributed by atoms with Crippen LogP contribution >= 0.6 is 11.6 Å².